The minimum Gasteiger partial charge on any atom is -0.480 e. The summed E-state index contributed by atoms with van der Waals surface area (Å²) in [5.74, 6) is -1.99. The van der Waals surface area contributed by atoms with Crippen LogP contribution in [0.2, 0.25) is 0 Å². The van der Waals surface area contributed by atoms with Crippen LogP contribution < -0.4 is 10.9 Å². The van der Waals surface area contributed by atoms with Crippen LogP contribution in [0.4, 0.5) is 0 Å². The van der Waals surface area contributed by atoms with E-state index in [1.54, 1.807) is 0 Å². The number of aliphatic carboxylic acids is 1. The number of aliphatic hydroxyl groups is 1. The average molecular weight is 241 g/mol. The van der Waals surface area contributed by atoms with Gasteiger partial charge in [-0.3, -0.25) is 9.59 Å². The first-order valence-corrected chi connectivity index (χ1v) is 4.75. The van der Waals surface area contributed by atoms with E-state index in [0.29, 0.717) is 0 Å². The monoisotopic (exact) mass is 241 g/mol. The van der Waals surface area contributed by atoms with Crippen molar-refractivity contribution in [1.29, 1.82) is 0 Å². The lowest BCUT2D eigenvalue weighted by molar-refractivity contribution is -0.139. The van der Waals surface area contributed by atoms with Gasteiger partial charge < -0.3 is 15.5 Å². The number of aromatic amines is 1. The molecule has 1 amide bonds. The van der Waals surface area contributed by atoms with Gasteiger partial charge in [-0.1, -0.05) is 0 Å². The van der Waals surface area contributed by atoms with E-state index in [1.807, 2.05) is 0 Å². The smallest absolute Gasteiger partial charge is 0.326 e. The molecule has 0 spiro atoms. The zero-order chi connectivity index (χ0) is 12.8. The topological polar surface area (TPSA) is 132 Å². The lowest BCUT2D eigenvalue weighted by Crippen LogP contribution is -2.41. The van der Waals surface area contributed by atoms with Gasteiger partial charge in [0.2, 0.25) is 0 Å². The molecule has 1 rings (SSSR count). The van der Waals surface area contributed by atoms with Crippen molar-refractivity contribution in [2.75, 3.05) is 6.61 Å². The van der Waals surface area contributed by atoms with Gasteiger partial charge in [-0.2, -0.15) is 5.10 Å². The van der Waals surface area contributed by atoms with Gasteiger partial charge in [-0.25, -0.2) is 9.89 Å². The average Bonchev–Trinajstić information content (AvgIpc) is 2.29. The molecular weight excluding hydrogens is 230 g/mol. The lowest BCUT2D eigenvalue weighted by Gasteiger charge is -2.12. The molecule has 0 aliphatic carbocycles. The summed E-state index contributed by atoms with van der Waals surface area (Å²) >= 11 is 0. The molecule has 0 aromatic carbocycles. The molecule has 0 saturated heterocycles. The number of carboxylic acids is 1. The Labute approximate surface area is 95.3 Å². The second-order valence-electron chi connectivity index (χ2n) is 3.18. The molecule has 8 heteroatoms. The van der Waals surface area contributed by atoms with Crippen molar-refractivity contribution < 1.29 is 19.8 Å². The first-order chi connectivity index (χ1) is 8.04. The molecule has 1 aromatic heterocycles. The van der Waals surface area contributed by atoms with Gasteiger partial charge in [-0.05, 0) is 6.07 Å². The Bertz CT molecular complexity index is 449. The molecular formula is C9H11N3O5. The summed E-state index contributed by atoms with van der Waals surface area (Å²) in [5.41, 5.74) is -0.569. The number of hydrogen-bond donors (Lipinski definition) is 4. The standard InChI is InChI=1S/C9H11N3O5/c13-4-3-6(9(16)17)10-8(15)5-1-2-7(14)12-11-5/h1-2,6,13H,3-4H2,(H,10,15)(H,12,14)(H,16,17). The Morgan fingerprint density at radius 3 is 2.65 bits per heavy atom. The minimum atomic E-state index is -1.25. The van der Waals surface area contributed by atoms with Crippen LogP contribution in [0.1, 0.15) is 16.9 Å². The fourth-order valence-electron chi connectivity index (χ4n) is 1.09. The fraction of sp³-hybridized carbons (Fsp3) is 0.333. The summed E-state index contributed by atoms with van der Waals surface area (Å²) in [6, 6.07) is 1.08. The van der Waals surface area contributed by atoms with Crippen LogP contribution in [0.3, 0.4) is 0 Å². The number of aromatic nitrogens is 2. The van der Waals surface area contributed by atoms with Gasteiger partial charge in [-0.15, -0.1) is 0 Å². The van der Waals surface area contributed by atoms with Crippen molar-refractivity contribution in [3.8, 4) is 0 Å². The van der Waals surface area contributed by atoms with E-state index < -0.39 is 23.5 Å². The summed E-state index contributed by atoms with van der Waals surface area (Å²) in [5, 5.41) is 25.0. The molecule has 92 valence electrons. The van der Waals surface area contributed by atoms with E-state index in [0.717, 1.165) is 6.07 Å². The highest BCUT2D eigenvalue weighted by Gasteiger charge is 2.20. The van der Waals surface area contributed by atoms with Crippen LogP contribution >= 0.6 is 0 Å². The number of hydrogen-bond acceptors (Lipinski definition) is 5. The summed E-state index contributed by atoms with van der Waals surface area (Å²) in [6.07, 6.45) is -0.107. The van der Waals surface area contributed by atoms with Crippen LogP contribution in [-0.2, 0) is 4.79 Å². The maximum atomic E-state index is 11.5. The molecule has 0 fully saturated rings. The molecule has 0 aliphatic heterocycles. The molecule has 17 heavy (non-hydrogen) atoms. The van der Waals surface area contributed by atoms with E-state index in [4.69, 9.17) is 10.2 Å². The third-order valence-corrected chi connectivity index (χ3v) is 1.93. The lowest BCUT2D eigenvalue weighted by atomic mass is 10.2. The predicted molar refractivity (Wildman–Crippen MR) is 55.5 cm³/mol. The Hall–Kier alpha value is -2.22. The molecule has 4 N–H and O–H groups in total. The van der Waals surface area contributed by atoms with Crippen molar-refractivity contribution in [1.82, 2.24) is 15.5 Å². The summed E-state index contributed by atoms with van der Waals surface area (Å²) < 4.78 is 0. The number of aliphatic hydroxyl groups excluding tert-OH is 1. The van der Waals surface area contributed by atoms with Crippen LogP contribution in [0.15, 0.2) is 16.9 Å². The van der Waals surface area contributed by atoms with Gasteiger partial charge in [0.05, 0.1) is 0 Å². The molecule has 8 nitrogen and oxygen atoms in total. The molecule has 1 unspecified atom stereocenters. The molecule has 0 aliphatic rings. The number of carbonyl (C=O) groups excluding carboxylic acids is 1. The Morgan fingerprint density at radius 1 is 1.47 bits per heavy atom. The van der Waals surface area contributed by atoms with Crippen LogP contribution in [0.25, 0.3) is 0 Å². The molecule has 1 aromatic rings. The van der Waals surface area contributed by atoms with Crippen molar-refractivity contribution in [3.05, 3.63) is 28.2 Å². The molecule has 1 heterocycles. The number of nitrogens with one attached hydrogen (secondary N) is 2. The van der Waals surface area contributed by atoms with E-state index >= 15 is 0 Å². The van der Waals surface area contributed by atoms with Crippen molar-refractivity contribution in [2.24, 2.45) is 0 Å². The second kappa shape index (κ2) is 5.75. The highest BCUT2D eigenvalue weighted by atomic mass is 16.4. The number of rotatable bonds is 5. The maximum absolute atomic E-state index is 11.5. The number of H-pyrrole nitrogens is 1. The van der Waals surface area contributed by atoms with Crippen LogP contribution in [0.5, 0.6) is 0 Å². The molecule has 0 bridgehead atoms. The Kier molecular flexibility index (Phi) is 4.35. The highest BCUT2D eigenvalue weighted by Crippen LogP contribution is 1.95. The van der Waals surface area contributed by atoms with Crippen molar-refractivity contribution >= 4 is 11.9 Å². The van der Waals surface area contributed by atoms with Gasteiger partial charge in [0.1, 0.15) is 11.7 Å². The number of carboxylic acid groups (broad SMARTS) is 1. The SMILES string of the molecule is O=C(NC(CCO)C(=O)O)c1ccc(=O)[nH]n1. The van der Waals surface area contributed by atoms with Gasteiger partial charge >= 0.3 is 5.97 Å². The predicted octanol–water partition coefficient (Wildman–Crippen LogP) is -1.66. The molecule has 0 saturated carbocycles. The van der Waals surface area contributed by atoms with E-state index in [-0.39, 0.29) is 18.7 Å². The largest absolute Gasteiger partial charge is 0.480 e. The second-order valence-corrected chi connectivity index (χ2v) is 3.18. The van der Waals surface area contributed by atoms with Crippen LogP contribution in [-0.4, -0.2) is 44.9 Å². The summed E-state index contributed by atoms with van der Waals surface area (Å²) in [4.78, 5) is 32.9. The van der Waals surface area contributed by atoms with Gasteiger partial charge in [0, 0.05) is 19.1 Å². The normalized spacial score (nSPS) is 11.8. The zero-order valence-corrected chi connectivity index (χ0v) is 8.71. The number of carbonyl (C=O) groups is 2. The van der Waals surface area contributed by atoms with E-state index in [1.165, 1.54) is 6.07 Å². The Balaban J connectivity index is 2.73. The third-order valence-electron chi connectivity index (χ3n) is 1.93. The Morgan fingerprint density at radius 2 is 2.18 bits per heavy atom. The molecule has 1 atom stereocenters. The molecule has 0 radical (unpaired) electrons. The first kappa shape index (κ1) is 12.8. The zero-order valence-electron chi connectivity index (χ0n) is 8.71. The third kappa shape index (κ3) is 3.68. The van der Waals surface area contributed by atoms with Gasteiger partial charge in [0.25, 0.3) is 11.5 Å². The van der Waals surface area contributed by atoms with Crippen molar-refractivity contribution in [2.45, 2.75) is 12.5 Å². The summed E-state index contributed by atoms with van der Waals surface area (Å²) in [7, 11) is 0. The minimum absolute atomic E-state index is 0.103. The highest BCUT2D eigenvalue weighted by molar-refractivity contribution is 5.94. The number of nitrogens with zero attached hydrogens (tertiary/aromatic N) is 1. The summed E-state index contributed by atoms with van der Waals surface area (Å²) in [6.45, 7) is -0.365. The fourth-order valence-corrected chi connectivity index (χ4v) is 1.09. The van der Waals surface area contributed by atoms with Crippen LogP contribution in [0, 0.1) is 0 Å². The van der Waals surface area contributed by atoms with Crippen molar-refractivity contribution in [3.63, 3.8) is 0 Å². The number of amides is 1. The van der Waals surface area contributed by atoms with Gasteiger partial charge in [0.15, 0.2) is 0 Å². The van der Waals surface area contributed by atoms with E-state index in [2.05, 4.69) is 15.5 Å². The first-order valence-electron chi connectivity index (χ1n) is 4.75. The maximum Gasteiger partial charge on any atom is 0.326 e. The quantitative estimate of drug-likeness (QED) is 0.487. The van der Waals surface area contributed by atoms with E-state index in [9.17, 15) is 14.4 Å².